The number of hydrogen-bond acceptors (Lipinski definition) is 5. The van der Waals surface area contributed by atoms with Crippen molar-refractivity contribution in [3.8, 4) is 5.75 Å². The number of anilines is 1. The smallest absolute Gasteiger partial charge is 0.330 e. The van der Waals surface area contributed by atoms with Gasteiger partial charge in [0.05, 0.1) is 26.0 Å². The number of carbonyl (C=O) groups is 2. The second kappa shape index (κ2) is 9.00. The lowest BCUT2D eigenvalue weighted by Crippen LogP contribution is -2.41. The molecule has 2 aromatic carbocycles. The van der Waals surface area contributed by atoms with Gasteiger partial charge < -0.3 is 19.1 Å². The number of amides is 1. The Morgan fingerprint density at radius 1 is 1.19 bits per heavy atom. The maximum Gasteiger partial charge on any atom is 0.330 e. The first-order chi connectivity index (χ1) is 13.2. The van der Waals surface area contributed by atoms with E-state index in [1.165, 1.54) is 13.2 Å². The molecule has 0 N–H and O–H groups in total. The summed E-state index contributed by atoms with van der Waals surface area (Å²) in [5.41, 5.74) is 2.46. The first kappa shape index (κ1) is 18.7. The molecule has 0 aliphatic carbocycles. The molecule has 27 heavy (non-hydrogen) atoms. The zero-order valence-electron chi connectivity index (χ0n) is 15.1. The molecule has 6 nitrogen and oxygen atoms in total. The van der Waals surface area contributed by atoms with E-state index in [1.54, 1.807) is 11.0 Å². The van der Waals surface area contributed by atoms with Crippen LogP contribution in [0.2, 0.25) is 0 Å². The molecule has 0 saturated carbocycles. The first-order valence-electron chi connectivity index (χ1n) is 8.63. The summed E-state index contributed by atoms with van der Waals surface area (Å²) in [6.07, 6.45) is 2.94. The van der Waals surface area contributed by atoms with E-state index in [0.717, 1.165) is 5.56 Å². The van der Waals surface area contributed by atoms with E-state index < -0.39 is 5.97 Å². The Bertz CT molecular complexity index is 832. The second-order valence-corrected chi connectivity index (χ2v) is 5.92. The molecule has 1 aliphatic rings. The highest BCUT2D eigenvalue weighted by Gasteiger charge is 2.26. The fourth-order valence-corrected chi connectivity index (χ4v) is 2.78. The molecular weight excluding hydrogens is 346 g/mol. The molecule has 0 aromatic heterocycles. The molecule has 1 amide bonds. The van der Waals surface area contributed by atoms with Crippen LogP contribution in [0.5, 0.6) is 5.75 Å². The van der Waals surface area contributed by atoms with E-state index in [-0.39, 0.29) is 12.5 Å². The van der Waals surface area contributed by atoms with Crippen LogP contribution < -0.4 is 9.64 Å². The highest BCUT2D eigenvalue weighted by atomic mass is 16.5. The number of esters is 1. The summed E-state index contributed by atoms with van der Waals surface area (Å²) in [6.45, 7) is 1.28. The minimum absolute atomic E-state index is 0.0469. The van der Waals surface area contributed by atoms with Crippen LogP contribution in [0.3, 0.4) is 0 Å². The van der Waals surface area contributed by atoms with Crippen molar-refractivity contribution in [3.63, 3.8) is 0 Å². The van der Waals surface area contributed by atoms with E-state index in [4.69, 9.17) is 9.47 Å². The average molecular weight is 367 g/mol. The summed E-state index contributed by atoms with van der Waals surface area (Å²) in [5.74, 6) is -0.00845. The van der Waals surface area contributed by atoms with Crippen LogP contribution in [-0.2, 0) is 25.7 Å². The van der Waals surface area contributed by atoms with Crippen LogP contribution in [0, 0.1) is 0 Å². The fraction of sp³-hybridized carbons (Fsp3) is 0.238. The lowest BCUT2D eigenvalue weighted by molar-refractivity contribution is -0.134. The fourth-order valence-electron chi connectivity index (χ4n) is 2.78. The molecule has 140 valence electrons. The topological polar surface area (TPSA) is 65.1 Å². The van der Waals surface area contributed by atoms with Crippen molar-refractivity contribution in [3.05, 3.63) is 65.7 Å². The molecule has 1 heterocycles. The molecular formula is C21H21NO5. The number of nitrogens with zero attached hydrogens (tertiary/aromatic N) is 1. The second-order valence-electron chi connectivity index (χ2n) is 5.92. The van der Waals surface area contributed by atoms with Crippen LogP contribution in [-0.4, -0.2) is 38.7 Å². The van der Waals surface area contributed by atoms with Crippen molar-refractivity contribution in [1.82, 2.24) is 0 Å². The van der Waals surface area contributed by atoms with Crippen molar-refractivity contribution in [2.75, 3.05) is 31.8 Å². The van der Waals surface area contributed by atoms with Gasteiger partial charge in [-0.25, -0.2) is 4.79 Å². The lowest BCUT2D eigenvalue weighted by atomic mass is 10.1. The minimum atomic E-state index is -0.453. The molecule has 0 saturated heterocycles. The zero-order valence-corrected chi connectivity index (χ0v) is 15.1. The predicted molar refractivity (Wildman–Crippen MR) is 101 cm³/mol. The Balaban J connectivity index is 1.68. The number of methoxy groups -OCH3 is 1. The molecule has 6 heteroatoms. The molecule has 3 rings (SSSR count). The Hall–Kier alpha value is -3.12. The van der Waals surface area contributed by atoms with Gasteiger partial charge in [0.25, 0.3) is 5.91 Å². The van der Waals surface area contributed by atoms with Crippen molar-refractivity contribution in [2.45, 2.75) is 6.61 Å². The number of rotatable bonds is 7. The standard InChI is InChI=1S/C21H21NO5/c1-25-20(24)11-10-17-8-5-9-18-21(17)27-15-19(23)22(18)12-13-26-14-16-6-3-2-4-7-16/h2-11H,12-15H2,1H3/b11-10+. The van der Waals surface area contributed by atoms with Gasteiger partial charge in [0.15, 0.2) is 12.4 Å². The van der Waals surface area contributed by atoms with Gasteiger partial charge in [-0.15, -0.1) is 0 Å². The Morgan fingerprint density at radius 2 is 2.00 bits per heavy atom. The number of hydrogen-bond donors (Lipinski definition) is 0. The summed E-state index contributed by atoms with van der Waals surface area (Å²) in [6, 6.07) is 15.3. The maximum atomic E-state index is 12.3. The largest absolute Gasteiger partial charge is 0.481 e. The SMILES string of the molecule is COC(=O)/C=C/c1cccc2c1OCC(=O)N2CCOCc1ccccc1. The van der Waals surface area contributed by atoms with Gasteiger partial charge in [-0.1, -0.05) is 42.5 Å². The van der Waals surface area contributed by atoms with Crippen molar-refractivity contribution < 1.29 is 23.8 Å². The first-order valence-corrected chi connectivity index (χ1v) is 8.63. The molecule has 0 atom stereocenters. The summed E-state index contributed by atoms with van der Waals surface area (Å²) in [5, 5.41) is 0. The van der Waals surface area contributed by atoms with Gasteiger partial charge in [-0.2, -0.15) is 0 Å². The summed E-state index contributed by atoms with van der Waals surface area (Å²) in [7, 11) is 1.32. The zero-order chi connectivity index (χ0) is 19.1. The minimum Gasteiger partial charge on any atom is -0.481 e. The average Bonchev–Trinajstić information content (AvgIpc) is 2.71. The van der Waals surface area contributed by atoms with Crippen LogP contribution in [0.15, 0.2) is 54.6 Å². The van der Waals surface area contributed by atoms with E-state index in [1.807, 2.05) is 48.5 Å². The van der Waals surface area contributed by atoms with E-state index in [0.29, 0.717) is 36.8 Å². The molecule has 0 unspecified atom stereocenters. The van der Waals surface area contributed by atoms with Crippen molar-refractivity contribution in [2.24, 2.45) is 0 Å². The molecule has 0 bridgehead atoms. The highest BCUT2D eigenvalue weighted by molar-refractivity contribution is 5.99. The number of para-hydroxylation sites is 1. The Labute approximate surface area is 158 Å². The lowest BCUT2D eigenvalue weighted by Gasteiger charge is -2.30. The maximum absolute atomic E-state index is 12.3. The molecule has 0 spiro atoms. The molecule has 1 aliphatic heterocycles. The van der Waals surface area contributed by atoms with Crippen LogP contribution in [0.4, 0.5) is 5.69 Å². The molecule has 0 fully saturated rings. The molecule has 2 aromatic rings. The van der Waals surface area contributed by atoms with Gasteiger partial charge in [0, 0.05) is 18.2 Å². The van der Waals surface area contributed by atoms with Crippen LogP contribution in [0.25, 0.3) is 6.08 Å². The van der Waals surface area contributed by atoms with Crippen LogP contribution >= 0.6 is 0 Å². The van der Waals surface area contributed by atoms with Gasteiger partial charge in [0.1, 0.15) is 0 Å². The normalized spacial score (nSPS) is 13.4. The van der Waals surface area contributed by atoms with Gasteiger partial charge in [-0.05, 0) is 17.7 Å². The Kier molecular flexibility index (Phi) is 6.22. The summed E-state index contributed by atoms with van der Waals surface area (Å²) < 4.78 is 15.9. The number of fused-ring (bicyclic) bond motifs is 1. The number of ether oxygens (including phenoxy) is 3. The van der Waals surface area contributed by atoms with Gasteiger partial charge >= 0.3 is 5.97 Å². The monoisotopic (exact) mass is 367 g/mol. The predicted octanol–water partition coefficient (Wildman–Crippen LogP) is 2.82. The van der Waals surface area contributed by atoms with Crippen LogP contribution in [0.1, 0.15) is 11.1 Å². The van der Waals surface area contributed by atoms with Gasteiger partial charge in [-0.3, -0.25) is 4.79 Å². The van der Waals surface area contributed by atoms with Crippen molar-refractivity contribution in [1.29, 1.82) is 0 Å². The third kappa shape index (κ3) is 4.74. The third-order valence-electron chi connectivity index (χ3n) is 4.13. The number of carbonyl (C=O) groups excluding carboxylic acids is 2. The third-order valence-corrected chi connectivity index (χ3v) is 4.13. The summed E-state index contributed by atoms with van der Waals surface area (Å²) >= 11 is 0. The van der Waals surface area contributed by atoms with E-state index in [2.05, 4.69) is 4.74 Å². The van der Waals surface area contributed by atoms with Crippen molar-refractivity contribution >= 4 is 23.6 Å². The highest BCUT2D eigenvalue weighted by Crippen LogP contribution is 2.36. The van der Waals surface area contributed by atoms with E-state index in [9.17, 15) is 9.59 Å². The Morgan fingerprint density at radius 3 is 2.78 bits per heavy atom. The quantitative estimate of drug-likeness (QED) is 0.428. The summed E-state index contributed by atoms with van der Waals surface area (Å²) in [4.78, 5) is 25.3. The number of benzene rings is 2. The van der Waals surface area contributed by atoms with E-state index >= 15 is 0 Å². The van der Waals surface area contributed by atoms with Gasteiger partial charge in [0.2, 0.25) is 0 Å². The molecule has 0 radical (unpaired) electrons.